The van der Waals surface area contributed by atoms with Crippen molar-refractivity contribution in [2.24, 2.45) is 16.7 Å². The van der Waals surface area contributed by atoms with Gasteiger partial charge in [0, 0.05) is 0 Å². The molecule has 0 aromatic carbocycles. The van der Waals surface area contributed by atoms with Crippen molar-refractivity contribution in [1.29, 1.82) is 0 Å². The molecule has 2 aliphatic rings. The maximum atomic E-state index is 11.9. The SMILES string of the molecule is CC1(C)[C@@H]2CC[C@@]1(/C=C\O)C(=O)[C@H]2O. The number of aliphatic hydroxyl groups excluding tert-OH is 2. The highest BCUT2D eigenvalue weighted by Crippen LogP contribution is 2.64. The monoisotopic (exact) mass is 196 g/mol. The topological polar surface area (TPSA) is 57.5 Å². The fourth-order valence-electron chi connectivity index (χ4n) is 3.34. The van der Waals surface area contributed by atoms with Crippen molar-refractivity contribution < 1.29 is 15.0 Å². The van der Waals surface area contributed by atoms with Gasteiger partial charge < -0.3 is 10.2 Å². The Hall–Kier alpha value is -0.830. The van der Waals surface area contributed by atoms with Gasteiger partial charge in [-0.2, -0.15) is 0 Å². The van der Waals surface area contributed by atoms with Crippen molar-refractivity contribution in [1.82, 2.24) is 0 Å². The average Bonchev–Trinajstić information content (AvgIpc) is 2.43. The molecule has 0 aliphatic heterocycles. The summed E-state index contributed by atoms with van der Waals surface area (Å²) in [6, 6.07) is 0. The lowest BCUT2D eigenvalue weighted by Gasteiger charge is -2.32. The average molecular weight is 196 g/mol. The summed E-state index contributed by atoms with van der Waals surface area (Å²) in [5, 5.41) is 18.6. The first kappa shape index (κ1) is 9.71. The van der Waals surface area contributed by atoms with E-state index >= 15 is 0 Å². The van der Waals surface area contributed by atoms with Crippen LogP contribution < -0.4 is 0 Å². The summed E-state index contributed by atoms with van der Waals surface area (Å²) in [5.41, 5.74) is -0.867. The summed E-state index contributed by atoms with van der Waals surface area (Å²) in [6.45, 7) is 4.00. The van der Waals surface area contributed by atoms with Crippen molar-refractivity contribution in [3.63, 3.8) is 0 Å². The summed E-state index contributed by atoms with van der Waals surface area (Å²) < 4.78 is 0. The maximum Gasteiger partial charge on any atom is 0.172 e. The largest absolute Gasteiger partial charge is 0.516 e. The third-order valence-corrected chi connectivity index (χ3v) is 4.37. The molecule has 2 N–H and O–H groups in total. The third kappa shape index (κ3) is 0.793. The molecule has 14 heavy (non-hydrogen) atoms. The fourth-order valence-corrected chi connectivity index (χ4v) is 3.34. The number of aliphatic hydroxyl groups is 2. The van der Waals surface area contributed by atoms with Crippen LogP contribution in [-0.2, 0) is 4.79 Å². The molecule has 0 heterocycles. The Kier molecular flexibility index (Phi) is 1.80. The van der Waals surface area contributed by atoms with Gasteiger partial charge in [0.15, 0.2) is 5.78 Å². The number of rotatable bonds is 1. The summed E-state index contributed by atoms with van der Waals surface area (Å²) >= 11 is 0. The maximum absolute atomic E-state index is 11.9. The van der Waals surface area contributed by atoms with E-state index in [2.05, 4.69) is 0 Å². The molecule has 3 atom stereocenters. The molecule has 2 fully saturated rings. The molecular weight excluding hydrogens is 180 g/mol. The molecule has 0 unspecified atom stereocenters. The van der Waals surface area contributed by atoms with E-state index in [0.717, 1.165) is 19.1 Å². The normalized spacial score (nSPS) is 45.2. The van der Waals surface area contributed by atoms with Crippen LogP contribution in [-0.4, -0.2) is 22.1 Å². The van der Waals surface area contributed by atoms with Gasteiger partial charge in [0.05, 0.1) is 11.7 Å². The predicted octanol–water partition coefficient (Wildman–Crippen LogP) is 1.42. The van der Waals surface area contributed by atoms with Gasteiger partial charge in [0.25, 0.3) is 0 Å². The lowest BCUT2D eigenvalue weighted by molar-refractivity contribution is -0.133. The number of Topliss-reactive ketones (excluding diaryl/α,β-unsaturated/α-hetero) is 1. The van der Waals surface area contributed by atoms with Crippen molar-refractivity contribution in [2.45, 2.75) is 32.8 Å². The van der Waals surface area contributed by atoms with Gasteiger partial charge in [0.1, 0.15) is 6.10 Å². The number of carbonyl (C=O) groups is 1. The Morgan fingerprint density at radius 1 is 1.50 bits per heavy atom. The zero-order valence-electron chi connectivity index (χ0n) is 8.53. The molecule has 3 heteroatoms. The number of fused-ring (bicyclic) bond motifs is 2. The summed E-state index contributed by atoms with van der Waals surface area (Å²) in [5.74, 6) is -0.0738. The van der Waals surface area contributed by atoms with E-state index in [1.807, 2.05) is 13.8 Å². The van der Waals surface area contributed by atoms with E-state index < -0.39 is 11.5 Å². The lowest BCUT2D eigenvalue weighted by Crippen LogP contribution is -2.36. The van der Waals surface area contributed by atoms with E-state index in [9.17, 15) is 9.90 Å². The molecule has 2 aliphatic carbocycles. The second kappa shape index (κ2) is 2.60. The van der Waals surface area contributed by atoms with Gasteiger partial charge in [-0.15, -0.1) is 0 Å². The summed E-state index contributed by atoms with van der Waals surface area (Å²) in [7, 11) is 0. The second-order valence-corrected chi connectivity index (χ2v) is 4.96. The van der Waals surface area contributed by atoms with Crippen LogP contribution in [0.4, 0.5) is 0 Å². The Morgan fingerprint density at radius 2 is 2.14 bits per heavy atom. The molecule has 2 bridgehead atoms. The number of carbonyl (C=O) groups excluding carboxylic acids is 1. The lowest BCUT2D eigenvalue weighted by atomic mass is 9.69. The third-order valence-electron chi connectivity index (χ3n) is 4.37. The quantitative estimate of drug-likeness (QED) is 0.624. The predicted molar refractivity (Wildman–Crippen MR) is 51.7 cm³/mol. The molecule has 78 valence electrons. The molecule has 2 rings (SSSR count). The second-order valence-electron chi connectivity index (χ2n) is 4.96. The fraction of sp³-hybridized carbons (Fsp3) is 0.727. The first-order valence-corrected chi connectivity index (χ1v) is 5.02. The molecule has 0 aromatic rings. The zero-order chi connectivity index (χ0) is 10.6. The molecule has 0 amide bonds. The first-order valence-electron chi connectivity index (χ1n) is 5.02. The van der Waals surface area contributed by atoms with E-state index in [1.165, 1.54) is 0 Å². The van der Waals surface area contributed by atoms with Crippen LogP contribution in [0.15, 0.2) is 12.3 Å². The van der Waals surface area contributed by atoms with Gasteiger partial charge in [-0.3, -0.25) is 4.79 Å². The highest BCUT2D eigenvalue weighted by Gasteiger charge is 2.67. The van der Waals surface area contributed by atoms with Crippen LogP contribution in [0.25, 0.3) is 0 Å². The van der Waals surface area contributed by atoms with Crippen LogP contribution in [0.5, 0.6) is 0 Å². The van der Waals surface area contributed by atoms with Gasteiger partial charge >= 0.3 is 0 Å². The van der Waals surface area contributed by atoms with Gasteiger partial charge in [-0.25, -0.2) is 0 Å². The summed E-state index contributed by atoms with van der Waals surface area (Å²) in [6.07, 6.45) is 3.28. The van der Waals surface area contributed by atoms with Crippen molar-refractivity contribution in [3.8, 4) is 0 Å². The smallest absolute Gasteiger partial charge is 0.172 e. The van der Waals surface area contributed by atoms with E-state index in [0.29, 0.717) is 0 Å². The Labute approximate surface area is 83.4 Å². The van der Waals surface area contributed by atoms with Crippen LogP contribution in [0.3, 0.4) is 0 Å². The summed E-state index contributed by atoms with van der Waals surface area (Å²) in [4.78, 5) is 11.9. The minimum Gasteiger partial charge on any atom is -0.516 e. The first-order chi connectivity index (χ1) is 6.47. The highest BCUT2D eigenvalue weighted by atomic mass is 16.3. The molecule has 3 nitrogen and oxygen atoms in total. The molecule has 0 spiro atoms. The van der Waals surface area contributed by atoms with Crippen molar-refractivity contribution in [2.75, 3.05) is 0 Å². The van der Waals surface area contributed by atoms with Crippen molar-refractivity contribution in [3.05, 3.63) is 12.3 Å². The zero-order valence-corrected chi connectivity index (χ0v) is 8.53. The Balaban J connectivity index is 2.53. The minimum absolute atomic E-state index is 0.0474. The highest BCUT2D eigenvalue weighted by molar-refractivity contribution is 5.95. The standard InChI is InChI=1S/C11H16O3/c1-10(2)7-3-4-11(10,5-6-12)9(14)8(7)13/h5-8,12-13H,3-4H2,1-2H3/b6-5-/t7-,8+,11-/m1/s1. The number of allylic oxidation sites excluding steroid dienone is 1. The van der Waals surface area contributed by atoms with Crippen LogP contribution in [0.1, 0.15) is 26.7 Å². The minimum atomic E-state index is -0.838. The van der Waals surface area contributed by atoms with Crippen LogP contribution >= 0.6 is 0 Å². The molecule has 0 radical (unpaired) electrons. The molecule has 2 saturated carbocycles. The number of ketones is 1. The molecule has 0 saturated heterocycles. The van der Waals surface area contributed by atoms with E-state index in [1.54, 1.807) is 6.08 Å². The van der Waals surface area contributed by atoms with Crippen LogP contribution in [0.2, 0.25) is 0 Å². The van der Waals surface area contributed by atoms with Crippen molar-refractivity contribution >= 4 is 5.78 Å². The van der Waals surface area contributed by atoms with Gasteiger partial charge in [0.2, 0.25) is 0 Å². The van der Waals surface area contributed by atoms with Gasteiger partial charge in [-0.1, -0.05) is 13.8 Å². The van der Waals surface area contributed by atoms with E-state index in [4.69, 9.17) is 5.11 Å². The van der Waals surface area contributed by atoms with Crippen LogP contribution in [0, 0.1) is 16.7 Å². The number of hydrogen-bond acceptors (Lipinski definition) is 3. The van der Waals surface area contributed by atoms with Gasteiger partial charge in [-0.05, 0) is 30.3 Å². The number of hydrogen-bond donors (Lipinski definition) is 2. The van der Waals surface area contributed by atoms with E-state index in [-0.39, 0.29) is 17.1 Å². The molecule has 0 aromatic heterocycles. The Morgan fingerprint density at radius 3 is 2.57 bits per heavy atom. The molecular formula is C11H16O3. The Bertz CT molecular complexity index is 306.